The first-order valence-electron chi connectivity index (χ1n) is 7.31. The third-order valence-corrected chi connectivity index (χ3v) is 3.30. The third kappa shape index (κ3) is 4.85. The van der Waals surface area contributed by atoms with Crippen molar-refractivity contribution in [3.05, 3.63) is 64.7 Å². The molecule has 0 saturated heterocycles. The fraction of sp³-hybridized carbons (Fsp3) is 0.222. The van der Waals surface area contributed by atoms with Gasteiger partial charge in [-0.25, -0.2) is 0 Å². The largest absolute Gasteiger partial charge is 0.483 e. The Bertz CT molecular complexity index is 726. The van der Waals surface area contributed by atoms with E-state index in [1.54, 1.807) is 18.2 Å². The molecule has 120 valence electrons. The number of hydrogen-bond donors (Lipinski definition) is 2. The molecule has 2 amide bonds. The van der Waals surface area contributed by atoms with E-state index < -0.39 is 5.91 Å². The van der Waals surface area contributed by atoms with Gasteiger partial charge in [0, 0.05) is 5.56 Å². The number of hydrazine groups is 1. The lowest BCUT2D eigenvalue weighted by Crippen LogP contribution is -2.43. The summed E-state index contributed by atoms with van der Waals surface area (Å²) >= 11 is 0. The number of amides is 2. The van der Waals surface area contributed by atoms with Crippen molar-refractivity contribution in [2.24, 2.45) is 0 Å². The topological polar surface area (TPSA) is 67.4 Å². The molecule has 0 bridgehead atoms. The maximum Gasteiger partial charge on any atom is 0.276 e. The molecule has 0 atom stereocenters. The normalized spacial score (nSPS) is 10.0. The second-order valence-electron chi connectivity index (χ2n) is 5.43. The van der Waals surface area contributed by atoms with Gasteiger partial charge in [0.1, 0.15) is 5.75 Å². The standard InChI is InChI=1S/C18H20N2O3/c1-12-5-4-6-15(9-12)18(22)20-19-17(21)11-23-16-10-13(2)7-8-14(16)3/h4-10H,11H2,1-3H3,(H,19,21)(H,20,22). The van der Waals surface area contributed by atoms with Gasteiger partial charge in [0.2, 0.25) is 0 Å². The molecule has 0 unspecified atom stereocenters. The van der Waals surface area contributed by atoms with Gasteiger partial charge in [-0.1, -0.05) is 29.8 Å². The van der Waals surface area contributed by atoms with Crippen LogP contribution in [0.25, 0.3) is 0 Å². The number of benzene rings is 2. The average Bonchev–Trinajstić information content (AvgIpc) is 2.53. The molecule has 0 aliphatic rings. The van der Waals surface area contributed by atoms with Gasteiger partial charge in [-0.3, -0.25) is 20.4 Å². The maximum atomic E-state index is 11.9. The summed E-state index contributed by atoms with van der Waals surface area (Å²) in [5.41, 5.74) is 8.18. The van der Waals surface area contributed by atoms with Crippen LogP contribution in [0.3, 0.4) is 0 Å². The fourth-order valence-corrected chi connectivity index (χ4v) is 2.03. The molecule has 0 fully saturated rings. The first-order chi connectivity index (χ1) is 11.0. The first-order valence-corrected chi connectivity index (χ1v) is 7.31. The highest BCUT2D eigenvalue weighted by atomic mass is 16.5. The van der Waals surface area contributed by atoms with Crippen molar-refractivity contribution in [1.29, 1.82) is 0 Å². The molecule has 2 aromatic rings. The number of nitrogens with one attached hydrogen (secondary N) is 2. The zero-order valence-electron chi connectivity index (χ0n) is 13.5. The SMILES string of the molecule is Cc1cccc(C(=O)NNC(=O)COc2cc(C)ccc2C)c1. The predicted molar refractivity (Wildman–Crippen MR) is 88.2 cm³/mol. The number of aryl methyl sites for hydroxylation is 3. The lowest BCUT2D eigenvalue weighted by molar-refractivity contribution is -0.123. The minimum Gasteiger partial charge on any atom is -0.483 e. The zero-order valence-corrected chi connectivity index (χ0v) is 13.5. The molecule has 0 saturated carbocycles. The van der Waals surface area contributed by atoms with Crippen molar-refractivity contribution in [3.8, 4) is 5.75 Å². The van der Waals surface area contributed by atoms with Crippen LogP contribution >= 0.6 is 0 Å². The summed E-state index contributed by atoms with van der Waals surface area (Å²) in [6, 6.07) is 12.9. The summed E-state index contributed by atoms with van der Waals surface area (Å²) in [5.74, 6) is -0.133. The minimum atomic E-state index is -0.424. The Labute approximate surface area is 135 Å². The Morgan fingerprint density at radius 2 is 1.70 bits per heavy atom. The molecule has 0 heterocycles. The molecule has 2 aromatic carbocycles. The van der Waals surface area contributed by atoms with Crippen molar-refractivity contribution in [3.63, 3.8) is 0 Å². The molecule has 2 rings (SSSR count). The van der Waals surface area contributed by atoms with E-state index in [2.05, 4.69) is 10.9 Å². The number of ether oxygens (including phenoxy) is 1. The first kappa shape index (κ1) is 16.5. The molecule has 0 spiro atoms. The number of hydrogen-bond acceptors (Lipinski definition) is 3. The van der Waals surface area contributed by atoms with Crippen LogP contribution in [0.1, 0.15) is 27.0 Å². The van der Waals surface area contributed by atoms with Crippen LogP contribution < -0.4 is 15.6 Å². The van der Waals surface area contributed by atoms with Crippen molar-refractivity contribution in [2.75, 3.05) is 6.61 Å². The Hall–Kier alpha value is -2.82. The summed E-state index contributed by atoms with van der Waals surface area (Å²) in [7, 11) is 0. The second kappa shape index (κ2) is 7.45. The molecule has 5 nitrogen and oxygen atoms in total. The maximum absolute atomic E-state index is 11.9. The minimum absolute atomic E-state index is 0.168. The molecule has 23 heavy (non-hydrogen) atoms. The van der Waals surface area contributed by atoms with Crippen LogP contribution in [0.4, 0.5) is 0 Å². The third-order valence-electron chi connectivity index (χ3n) is 3.30. The van der Waals surface area contributed by atoms with Gasteiger partial charge in [-0.2, -0.15) is 0 Å². The molecule has 0 radical (unpaired) electrons. The number of carbonyl (C=O) groups is 2. The Morgan fingerprint density at radius 1 is 0.957 bits per heavy atom. The summed E-state index contributed by atoms with van der Waals surface area (Å²) in [4.78, 5) is 23.7. The van der Waals surface area contributed by atoms with E-state index in [9.17, 15) is 9.59 Å². The van der Waals surface area contributed by atoms with Crippen LogP contribution in [0.2, 0.25) is 0 Å². The van der Waals surface area contributed by atoms with Gasteiger partial charge in [0.05, 0.1) is 0 Å². The highest BCUT2D eigenvalue weighted by Gasteiger charge is 2.08. The Morgan fingerprint density at radius 3 is 2.43 bits per heavy atom. The number of rotatable bonds is 4. The quantitative estimate of drug-likeness (QED) is 0.852. The number of carbonyl (C=O) groups excluding carboxylic acids is 2. The highest BCUT2D eigenvalue weighted by Crippen LogP contribution is 2.18. The van der Waals surface area contributed by atoms with Gasteiger partial charge < -0.3 is 4.74 Å². The molecular formula is C18H20N2O3. The van der Waals surface area contributed by atoms with Crippen molar-refractivity contribution < 1.29 is 14.3 Å². The van der Waals surface area contributed by atoms with Crippen LogP contribution in [0.15, 0.2) is 42.5 Å². The Kier molecular flexibility index (Phi) is 5.36. The van der Waals surface area contributed by atoms with E-state index in [0.717, 1.165) is 16.7 Å². The second-order valence-corrected chi connectivity index (χ2v) is 5.43. The van der Waals surface area contributed by atoms with Crippen molar-refractivity contribution in [1.82, 2.24) is 10.9 Å². The lowest BCUT2D eigenvalue weighted by atomic mass is 10.1. The van der Waals surface area contributed by atoms with E-state index in [0.29, 0.717) is 11.3 Å². The summed E-state index contributed by atoms with van der Waals surface area (Å²) in [6.45, 7) is 5.59. The smallest absolute Gasteiger partial charge is 0.276 e. The van der Waals surface area contributed by atoms with E-state index in [-0.39, 0.29) is 12.5 Å². The van der Waals surface area contributed by atoms with Crippen LogP contribution in [-0.4, -0.2) is 18.4 Å². The zero-order chi connectivity index (χ0) is 16.8. The molecule has 0 aliphatic carbocycles. The predicted octanol–water partition coefficient (Wildman–Crippen LogP) is 2.45. The molecule has 0 aromatic heterocycles. The molecule has 2 N–H and O–H groups in total. The van der Waals surface area contributed by atoms with Gasteiger partial charge in [0.15, 0.2) is 6.61 Å². The van der Waals surface area contributed by atoms with Crippen LogP contribution in [0, 0.1) is 20.8 Å². The van der Waals surface area contributed by atoms with Gasteiger partial charge in [-0.05, 0) is 50.1 Å². The van der Waals surface area contributed by atoms with Gasteiger partial charge in [-0.15, -0.1) is 0 Å². The molecular weight excluding hydrogens is 292 g/mol. The monoisotopic (exact) mass is 312 g/mol. The van der Waals surface area contributed by atoms with E-state index in [4.69, 9.17) is 4.74 Å². The molecule has 0 aliphatic heterocycles. The molecule has 5 heteroatoms. The van der Waals surface area contributed by atoms with Crippen molar-refractivity contribution in [2.45, 2.75) is 20.8 Å². The van der Waals surface area contributed by atoms with Crippen LogP contribution in [-0.2, 0) is 4.79 Å². The summed E-state index contributed by atoms with van der Waals surface area (Å²) < 4.78 is 5.47. The average molecular weight is 312 g/mol. The summed E-state index contributed by atoms with van der Waals surface area (Å²) in [5, 5.41) is 0. The summed E-state index contributed by atoms with van der Waals surface area (Å²) in [6.07, 6.45) is 0. The van der Waals surface area contributed by atoms with Crippen LogP contribution in [0.5, 0.6) is 5.75 Å². The van der Waals surface area contributed by atoms with E-state index in [1.807, 2.05) is 45.0 Å². The fourth-order valence-electron chi connectivity index (χ4n) is 2.03. The van der Waals surface area contributed by atoms with Gasteiger partial charge >= 0.3 is 0 Å². The highest BCUT2D eigenvalue weighted by molar-refractivity contribution is 5.95. The van der Waals surface area contributed by atoms with Gasteiger partial charge in [0.25, 0.3) is 11.8 Å². The Balaban J connectivity index is 1.83. The lowest BCUT2D eigenvalue weighted by Gasteiger charge is -2.11. The van der Waals surface area contributed by atoms with Crippen molar-refractivity contribution >= 4 is 11.8 Å². The van der Waals surface area contributed by atoms with E-state index >= 15 is 0 Å². The van der Waals surface area contributed by atoms with E-state index in [1.165, 1.54) is 0 Å².